The molecule has 1 aromatic rings. The number of nitrogens with zero attached hydrogens (tertiary/aromatic N) is 1. The van der Waals surface area contributed by atoms with E-state index in [1.807, 2.05) is 6.07 Å². The van der Waals surface area contributed by atoms with Gasteiger partial charge in [0.15, 0.2) is 0 Å². The van der Waals surface area contributed by atoms with E-state index in [1.165, 1.54) is 31.4 Å². The summed E-state index contributed by atoms with van der Waals surface area (Å²) in [4.78, 5) is 0. The number of rotatable bonds is 2. The topological polar surface area (TPSA) is 3.24 Å². The van der Waals surface area contributed by atoms with E-state index in [4.69, 9.17) is 0 Å². The van der Waals surface area contributed by atoms with Gasteiger partial charge in [-0.3, -0.25) is 0 Å². The molecule has 1 aliphatic rings. The van der Waals surface area contributed by atoms with Crippen LogP contribution in [0.25, 0.3) is 0 Å². The van der Waals surface area contributed by atoms with E-state index in [-0.39, 0.29) is 0 Å². The van der Waals surface area contributed by atoms with Crippen LogP contribution in [0.4, 0.5) is 5.69 Å². The summed E-state index contributed by atoms with van der Waals surface area (Å²) in [5, 5.41) is 0. The summed E-state index contributed by atoms with van der Waals surface area (Å²) in [7, 11) is 0. The highest BCUT2D eigenvalue weighted by molar-refractivity contribution is 7.81. The third-order valence-electron chi connectivity index (χ3n) is 2.69. The lowest BCUT2D eigenvalue weighted by atomic mass is 10.2. The molecule has 0 amide bonds. The lowest BCUT2D eigenvalue weighted by Gasteiger charge is -2.24. The Labute approximate surface area is 85.3 Å². The summed E-state index contributed by atoms with van der Waals surface area (Å²) in [5.41, 5.74) is 1.22. The molecular formula is C11H15NS. The van der Waals surface area contributed by atoms with Crippen molar-refractivity contribution < 1.29 is 0 Å². The number of hydrogen-bond acceptors (Lipinski definition) is 2. The third kappa shape index (κ3) is 1.99. The SMILES string of the molecule is SN(c1ccccc1)C1CCCC1. The maximum absolute atomic E-state index is 4.55. The number of hydrogen-bond donors (Lipinski definition) is 1. The van der Waals surface area contributed by atoms with Crippen molar-refractivity contribution in [3.63, 3.8) is 0 Å². The zero-order valence-corrected chi connectivity index (χ0v) is 8.58. The molecule has 0 spiro atoms. The minimum Gasteiger partial charge on any atom is -0.316 e. The molecule has 0 heterocycles. The lowest BCUT2D eigenvalue weighted by molar-refractivity contribution is 0.713. The second-order valence-electron chi connectivity index (χ2n) is 3.62. The standard InChI is InChI=1S/C11H15NS/c13-12(11-8-4-5-9-11)10-6-2-1-3-7-10/h1-3,6-7,11,13H,4-5,8-9H2. The maximum atomic E-state index is 4.55. The third-order valence-corrected chi connectivity index (χ3v) is 3.25. The van der Waals surface area contributed by atoms with Gasteiger partial charge < -0.3 is 4.31 Å². The van der Waals surface area contributed by atoms with Gasteiger partial charge in [-0.25, -0.2) is 0 Å². The van der Waals surface area contributed by atoms with Crippen LogP contribution in [0.3, 0.4) is 0 Å². The van der Waals surface area contributed by atoms with Crippen molar-refractivity contribution in [1.29, 1.82) is 0 Å². The van der Waals surface area contributed by atoms with Crippen LogP contribution in [0.2, 0.25) is 0 Å². The molecule has 0 atom stereocenters. The Balaban J connectivity index is 2.08. The van der Waals surface area contributed by atoms with Crippen molar-refractivity contribution in [2.45, 2.75) is 31.7 Å². The van der Waals surface area contributed by atoms with Crippen LogP contribution in [0, 0.1) is 0 Å². The van der Waals surface area contributed by atoms with Crippen molar-refractivity contribution >= 4 is 18.5 Å². The van der Waals surface area contributed by atoms with Crippen molar-refractivity contribution in [2.75, 3.05) is 4.31 Å². The Bertz CT molecular complexity index is 254. The van der Waals surface area contributed by atoms with Crippen molar-refractivity contribution in [2.24, 2.45) is 0 Å². The maximum Gasteiger partial charge on any atom is 0.0470 e. The molecule has 1 aliphatic carbocycles. The van der Waals surface area contributed by atoms with Gasteiger partial charge in [-0.05, 0) is 25.0 Å². The predicted octanol–water partition coefficient (Wildman–Crippen LogP) is 3.28. The Morgan fingerprint density at radius 3 is 2.31 bits per heavy atom. The van der Waals surface area contributed by atoms with Gasteiger partial charge in [0.2, 0.25) is 0 Å². The molecule has 2 rings (SSSR count). The number of thiol groups is 1. The van der Waals surface area contributed by atoms with Gasteiger partial charge in [0.1, 0.15) is 0 Å². The lowest BCUT2D eigenvalue weighted by Crippen LogP contribution is -2.23. The Morgan fingerprint density at radius 2 is 1.69 bits per heavy atom. The van der Waals surface area contributed by atoms with Crippen molar-refractivity contribution in [1.82, 2.24) is 0 Å². The van der Waals surface area contributed by atoms with Crippen molar-refractivity contribution in [3.05, 3.63) is 30.3 Å². The average Bonchev–Trinajstić information content (AvgIpc) is 2.71. The highest BCUT2D eigenvalue weighted by Gasteiger charge is 2.20. The first kappa shape index (κ1) is 8.95. The Kier molecular flexibility index (Phi) is 2.79. The fraction of sp³-hybridized carbons (Fsp3) is 0.455. The van der Waals surface area contributed by atoms with Crippen molar-refractivity contribution in [3.8, 4) is 0 Å². The molecule has 0 bridgehead atoms. The van der Waals surface area contributed by atoms with Gasteiger partial charge in [0.25, 0.3) is 0 Å². The van der Waals surface area contributed by atoms with E-state index in [0.717, 1.165) is 0 Å². The Hall–Kier alpha value is -0.630. The zero-order valence-electron chi connectivity index (χ0n) is 7.69. The summed E-state index contributed by atoms with van der Waals surface area (Å²) in [6.07, 6.45) is 5.29. The molecule has 70 valence electrons. The van der Waals surface area contributed by atoms with Gasteiger partial charge in [0, 0.05) is 11.7 Å². The molecular weight excluding hydrogens is 178 g/mol. The fourth-order valence-corrected chi connectivity index (χ4v) is 2.30. The van der Waals surface area contributed by atoms with Gasteiger partial charge in [-0.1, -0.05) is 43.9 Å². The van der Waals surface area contributed by atoms with E-state index in [2.05, 4.69) is 41.4 Å². The summed E-state index contributed by atoms with van der Waals surface area (Å²) < 4.78 is 2.12. The van der Waals surface area contributed by atoms with Crippen LogP contribution >= 0.6 is 12.8 Å². The molecule has 0 unspecified atom stereocenters. The summed E-state index contributed by atoms with van der Waals surface area (Å²) in [6, 6.07) is 11.0. The Morgan fingerprint density at radius 1 is 1.08 bits per heavy atom. The van der Waals surface area contributed by atoms with E-state index < -0.39 is 0 Å². The van der Waals surface area contributed by atoms with Crippen LogP contribution in [0.1, 0.15) is 25.7 Å². The molecule has 2 heteroatoms. The smallest absolute Gasteiger partial charge is 0.0470 e. The van der Waals surface area contributed by atoms with E-state index >= 15 is 0 Å². The molecule has 1 nitrogen and oxygen atoms in total. The first-order valence-electron chi connectivity index (χ1n) is 4.91. The number of para-hydroxylation sites is 1. The molecule has 0 aromatic heterocycles. The molecule has 13 heavy (non-hydrogen) atoms. The first-order chi connectivity index (χ1) is 6.38. The van der Waals surface area contributed by atoms with Crippen LogP contribution < -0.4 is 4.31 Å². The first-order valence-corrected chi connectivity index (χ1v) is 5.31. The van der Waals surface area contributed by atoms with E-state index in [0.29, 0.717) is 6.04 Å². The zero-order chi connectivity index (χ0) is 9.10. The van der Waals surface area contributed by atoms with Crippen LogP contribution in [0.15, 0.2) is 30.3 Å². The van der Waals surface area contributed by atoms with Gasteiger partial charge in [0.05, 0.1) is 0 Å². The normalized spacial score (nSPS) is 17.6. The minimum atomic E-state index is 0.644. The number of anilines is 1. The molecule has 0 radical (unpaired) electrons. The highest BCUT2D eigenvalue weighted by atomic mass is 32.1. The molecule has 0 aliphatic heterocycles. The average molecular weight is 193 g/mol. The fourth-order valence-electron chi connectivity index (χ4n) is 1.94. The van der Waals surface area contributed by atoms with Gasteiger partial charge in [-0.2, -0.15) is 0 Å². The van der Waals surface area contributed by atoms with Crippen LogP contribution in [-0.4, -0.2) is 6.04 Å². The van der Waals surface area contributed by atoms with Gasteiger partial charge >= 0.3 is 0 Å². The van der Waals surface area contributed by atoms with Crippen LogP contribution in [0.5, 0.6) is 0 Å². The summed E-state index contributed by atoms with van der Waals surface area (Å²) >= 11 is 4.55. The summed E-state index contributed by atoms with van der Waals surface area (Å²) in [5.74, 6) is 0. The number of benzene rings is 1. The van der Waals surface area contributed by atoms with E-state index in [9.17, 15) is 0 Å². The molecule has 0 N–H and O–H groups in total. The molecule has 1 fully saturated rings. The minimum absolute atomic E-state index is 0.644. The highest BCUT2D eigenvalue weighted by Crippen LogP contribution is 2.29. The quantitative estimate of drug-likeness (QED) is 0.705. The predicted molar refractivity (Wildman–Crippen MR) is 60.2 cm³/mol. The van der Waals surface area contributed by atoms with E-state index in [1.54, 1.807) is 0 Å². The molecule has 1 saturated carbocycles. The van der Waals surface area contributed by atoms with Crippen LogP contribution in [-0.2, 0) is 0 Å². The molecule has 0 saturated heterocycles. The summed E-state index contributed by atoms with van der Waals surface area (Å²) in [6.45, 7) is 0. The second kappa shape index (κ2) is 4.05. The van der Waals surface area contributed by atoms with Gasteiger partial charge in [-0.15, -0.1) is 0 Å². The largest absolute Gasteiger partial charge is 0.316 e. The molecule has 1 aromatic carbocycles. The second-order valence-corrected chi connectivity index (χ2v) is 4.05. The monoisotopic (exact) mass is 193 g/mol.